The van der Waals surface area contributed by atoms with E-state index >= 15 is 0 Å². The minimum atomic E-state index is 0.00644. The molecule has 0 aliphatic carbocycles. The molecule has 0 bridgehead atoms. The normalized spacial score (nSPS) is 10.6. The fourth-order valence-electron chi connectivity index (χ4n) is 1.94. The smallest absolute Gasteiger partial charge is 0.229 e. The average Bonchev–Trinajstić information content (AvgIpc) is 3.14. The van der Waals surface area contributed by atoms with E-state index in [1.165, 1.54) is 0 Å². The number of benzene rings is 1. The summed E-state index contributed by atoms with van der Waals surface area (Å²) < 4.78 is 1.97. The topological polar surface area (TPSA) is 46.9 Å². The molecule has 0 aliphatic heterocycles. The van der Waals surface area contributed by atoms with Gasteiger partial charge in [-0.1, -0.05) is 17.8 Å². The first kappa shape index (κ1) is 14.9. The zero-order valence-corrected chi connectivity index (χ0v) is 13.7. The second-order valence-corrected chi connectivity index (χ2v) is 6.82. The van der Waals surface area contributed by atoms with Crippen molar-refractivity contribution in [1.82, 2.24) is 9.55 Å². The zero-order valence-electron chi connectivity index (χ0n) is 12.0. The Hall–Kier alpha value is -2.05. The minimum absolute atomic E-state index is 0.00644. The highest BCUT2D eigenvalue weighted by Gasteiger charge is 2.06. The summed E-state index contributed by atoms with van der Waals surface area (Å²) in [5.41, 5.74) is 0.811. The van der Waals surface area contributed by atoms with E-state index in [-0.39, 0.29) is 5.91 Å². The summed E-state index contributed by atoms with van der Waals surface area (Å²) in [5.74, 6) is 0.00644. The van der Waals surface area contributed by atoms with E-state index in [2.05, 4.69) is 10.3 Å². The summed E-state index contributed by atoms with van der Waals surface area (Å²) in [5, 5.41) is 5.83. The molecule has 22 heavy (non-hydrogen) atoms. The lowest BCUT2D eigenvalue weighted by atomic mass is 10.3. The van der Waals surface area contributed by atoms with Crippen LogP contribution in [0.15, 0.2) is 64.2 Å². The Labute approximate surface area is 137 Å². The quantitative estimate of drug-likeness (QED) is 0.774. The molecule has 3 rings (SSSR count). The summed E-state index contributed by atoms with van der Waals surface area (Å²) in [6.45, 7) is 0. The number of thiophene rings is 1. The number of hydrogen-bond acceptors (Lipinski definition) is 4. The third-order valence-electron chi connectivity index (χ3n) is 3.04. The van der Waals surface area contributed by atoms with Crippen LogP contribution in [0.3, 0.4) is 0 Å². The van der Waals surface area contributed by atoms with Crippen LogP contribution < -0.4 is 5.32 Å². The van der Waals surface area contributed by atoms with Gasteiger partial charge in [-0.2, -0.15) is 0 Å². The van der Waals surface area contributed by atoms with Crippen molar-refractivity contribution < 1.29 is 4.79 Å². The molecule has 0 aliphatic rings. The van der Waals surface area contributed by atoms with Gasteiger partial charge in [0, 0.05) is 34.9 Å². The third-order valence-corrected chi connectivity index (χ3v) is 5.00. The number of carbonyl (C=O) groups is 1. The lowest BCUT2D eigenvalue weighted by Gasteiger charge is -2.06. The SMILES string of the molecule is Cn1ccnc1Sc1ccc(NC(=O)Cc2cccs2)cc1. The van der Waals surface area contributed by atoms with Crippen molar-refractivity contribution in [3.05, 3.63) is 59.0 Å². The van der Waals surface area contributed by atoms with Crippen molar-refractivity contribution in [2.75, 3.05) is 5.32 Å². The number of imidazole rings is 1. The van der Waals surface area contributed by atoms with Gasteiger partial charge in [0.25, 0.3) is 0 Å². The molecule has 6 heteroatoms. The lowest BCUT2D eigenvalue weighted by molar-refractivity contribution is -0.115. The van der Waals surface area contributed by atoms with E-state index in [0.29, 0.717) is 6.42 Å². The second kappa shape index (κ2) is 6.81. The van der Waals surface area contributed by atoms with Gasteiger partial charge in [-0.05, 0) is 35.7 Å². The zero-order chi connectivity index (χ0) is 15.4. The molecule has 0 unspecified atom stereocenters. The Morgan fingerprint density at radius 2 is 2.14 bits per heavy atom. The van der Waals surface area contributed by atoms with Crippen LogP contribution in [0.4, 0.5) is 5.69 Å². The maximum absolute atomic E-state index is 11.9. The number of aromatic nitrogens is 2. The van der Waals surface area contributed by atoms with Crippen molar-refractivity contribution in [2.45, 2.75) is 16.5 Å². The number of amides is 1. The Bertz CT molecular complexity index is 748. The Kier molecular flexibility index (Phi) is 4.60. The summed E-state index contributed by atoms with van der Waals surface area (Å²) in [7, 11) is 1.97. The van der Waals surface area contributed by atoms with Gasteiger partial charge in [-0.3, -0.25) is 4.79 Å². The molecule has 0 fully saturated rings. The standard InChI is InChI=1S/C16H15N3OS2/c1-19-9-8-17-16(19)22-13-6-4-12(5-7-13)18-15(20)11-14-3-2-10-21-14/h2-10H,11H2,1H3,(H,18,20). The van der Waals surface area contributed by atoms with Gasteiger partial charge in [0.1, 0.15) is 0 Å². The largest absolute Gasteiger partial charge is 0.329 e. The summed E-state index contributed by atoms with van der Waals surface area (Å²) in [6.07, 6.45) is 4.12. The number of anilines is 1. The van der Waals surface area contributed by atoms with E-state index in [1.807, 2.05) is 59.6 Å². The molecule has 1 N–H and O–H groups in total. The molecule has 0 spiro atoms. The average molecular weight is 329 g/mol. The van der Waals surface area contributed by atoms with Crippen molar-refractivity contribution in [1.29, 1.82) is 0 Å². The summed E-state index contributed by atoms with van der Waals surface area (Å²) in [4.78, 5) is 18.4. The van der Waals surface area contributed by atoms with E-state index in [1.54, 1.807) is 29.3 Å². The minimum Gasteiger partial charge on any atom is -0.329 e. The fourth-order valence-corrected chi connectivity index (χ4v) is 3.44. The van der Waals surface area contributed by atoms with Crippen LogP contribution in [0.2, 0.25) is 0 Å². The molecule has 0 saturated heterocycles. The number of hydrogen-bond donors (Lipinski definition) is 1. The monoisotopic (exact) mass is 329 g/mol. The van der Waals surface area contributed by atoms with Gasteiger partial charge in [0.05, 0.1) is 6.42 Å². The van der Waals surface area contributed by atoms with Gasteiger partial charge >= 0.3 is 0 Å². The molecule has 112 valence electrons. The van der Waals surface area contributed by atoms with Crippen LogP contribution in [-0.2, 0) is 18.3 Å². The summed E-state index contributed by atoms with van der Waals surface area (Å²) >= 11 is 3.19. The van der Waals surface area contributed by atoms with Crippen molar-refractivity contribution in [3.63, 3.8) is 0 Å². The molecule has 0 radical (unpaired) electrons. The predicted octanol–water partition coefficient (Wildman–Crippen LogP) is 3.81. The van der Waals surface area contributed by atoms with Crippen LogP contribution in [0, 0.1) is 0 Å². The molecule has 0 saturated carbocycles. The van der Waals surface area contributed by atoms with Crippen molar-refractivity contribution in [3.8, 4) is 0 Å². The Morgan fingerprint density at radius 1 is 1.32 bits per heavy atom. The molecule has 4 nitrogen and oxygen atoms in total. The van der Waals surface area contributed by atoms with Gasteiger partial charge in [-0.15, -0.1) is 11.3 Å². The molecular weight excluding hydrogens is 314 g/mol. The van der Waals surface area contributed by atoms with Crippen LogP contribution in [-0.4, -0.2) is 15.5 Å². The molecular formula is C16H15N3OS2. The highest BCUT2D eigenvalue weighted by atomic mass is 32.2. The van der Waals surface area contributed by atoms with Crippen molar-refractivity contribution >= 4 is 34.7 Å². The van der Waals surface area contributed by atoms with Crippen LogP contribution in [0.5, 0.6) is 0 Å². The highest BCUT2D eigenvalue weighted by molar-refractivity contribution is 7.99. The lowest BCUT2D eigenvalue weighted by Crippen LogP contribution is -2.13. The molecule has 1 aromatic carbocycles. The fraction of sp³-hybridized carbons (Fsp3) is 0.125. The first-order chi connectivity index (χ1) is 10.7. The number of carbonyl (C=O) groups excluding carboxylic acids is 1. The molecule has 3 aromatic rings. The molecule has 0 atom stereocenters. The van der Waals surface area contributed by atoms with Gasteiger partial charge < -0.3 is 9.88 Å². The second-order valence-electron chi connectivity index (χ2n) is 4.75. The van der Waals surface area contributed by atoms with E-state index in [4.69, 9.17) is 0 Å². The predicted molar refractivity (Wildman–Crippen MR) is 90.4 cm³/mol. The van der Waals surface area contributed by atoms with Gasteiger partial charge in [-0.25, -0.2) is 4.98 Å². The highest BCUT2D eigenvalue weighted by Crippen LogP contribution is 2.26. The number of rotatable bonds is 5. The maximum atomic E-state index is 11.9. The summed E-state index contributed by atoms with van der Waals surface area (Å²) in [6, 6.07) is 11.7. The number of nitrogens with one attached hydrogen (secondary N) is 1. The Morgan fingerprint density at radius 3 is 2.77 bits per heavy atom. The van der Waals surface area contributed by atoms with Gasteiger partial charge in [0.2, 0.25) is 5.91 Å². The first-order valence-electron chi connectivity index (χ1n) is 6.78. The first-order valence-corrected chi connectivity index (χ1v) is 8.48. The van der Waals surface area contributed by atoms with Crippen molar-refractivity contribution in [2.24, 2.45) is 7.05 Å². The molecule has 2 heterocycles. The molecule has 2 aromatic heterocycles. The van der Waals surface area contributed by atoms with Gasteiger partial charge in [0.15, 0.2) is 5.16 Å². The Balaban J connectivity index is 1.59. The molecule has 1 amide bonds. The van der Waals surface area contributed by atoms with Crippen LogP contribution in [0.25, 0.3) is 0 Å². The maximum Gasteiger partial charge on any atom is 0.229 e. The number of nitrogens with zero attached hydrogens (tertiary/aromatic N) is 2. The van der Waals surface area contributed by atoms with E-state index < -0.39 is 0 Å². The van der Waals surface area contributed by atoms with E-state index in [0.717, 1.165) is 20.6 Å². The number of aryl methyl sites for hydroxylation is 1. The van der Waals surface area contributed by atoms with E-state index in [9.17, 15) is 4.79 Å². The van der Waals surface area contributed by atoms with Crippen LogP contribution in [0.1, 0.15) is 4.88 Å². The third kappa shape index (κ3) is 3.78. The van der Waals surface area contributed by atoms with Crippen LogP contribution >= 0.6 is 23.1 Å².